The lowest BCUT2D eigenvalue weighted by molar-refractivity contribution is -0.142. The fourth-order valence-corrected chi connectivity index (χ4v) is 1.89. The normalized spacial score (nSPS) is 10.6. The number of pyridine rings is 1. The summed E-state index contributed by atoms with van der Waals surface area (Å²) in [6.07, 6.45) is -2.79. The number of nitrogens with zero attached hydrogens (tertiary/aromatic N) is 1. The molecule has 4 nitrogen and oxygen atoms in total. The predicted molar refractivity (Wildman–Crippen MR) is 63.8 cm³/mol. The number of esters is 1. The molecule has 0 atom stereocenters. The fraction of sp³-hybridized carbons (Fsp3) is 0.455. The van der Waals surface area contributed by atoms with Crippen molar-refractivity contribution >= 4 is 21.9 Å². The molecule has 0 saturated heterocycles. The topological polar surface area (TPSA) is 48.4 Å². The molecule has 0 aromatic carbocycles. The molecule has 0 fully saturated rings. The molecule has 7 heteroatoms. The molecule has 0 aliphatic rings. The van der Waals surface area contributed by atoms with E-state index in [9.17, 15) is 13.6 Å². The van der Waals surface area contributed by atoms with Crippen LogP contribution in [0.4, 0.5) is 8.78 Å². The van der Waals surface area contributed by atoms with Gasteiger partial charge in [-0.15, -0.1) is 0 Å². The first-order chi connectivity index (χ1) is 8.49. The van der Waals surface area contributed by atoms with Gasteiger partial charge in [-0.25, -0.2) is 13.8 Å². The van der Waals surface area contributed by atoms with E-state index in [0.717, 1.165) is 0 Å². The van der Waals surface area contributed by atoms with Gasteiger partial charge in [-0.3, -0.25) is 4.79 Å². The molecule has 0 N–H and O–H groups in total. The number of hydrogen-bond acceptors (Lipinski definition) is 4. The molecule has 0 unspecified atom stereocenters. The fourth-order valence-electron chi connectivity index (χ4n) is 1.35. The number of hydrogen-bond donors (Lipinski definition) is 0. The molecule has 0 saturated carbocycles. The highest BCUT2D eigenvalue weighted by atomic mass is 79.9. The molecule has 0 spiro atoms. The van der Waals surface area contributed by atoms with Gasteiger partial charge in [-0.2, -0.15) is 0 Å². The Labute approximate surface area is 111 Å². The van der Waals surface area contributed by atoms with Gasteiger partial charge < -0.3 is 9.47 Å². The maximum Gasteiger partial charge on any atom is 0.310 e. The maximum absolute atomic E-state index is 12.6. The highest BCUT2D eigenvalue weighted by molar-refractivity contribution is 9.10. The molecule has 1 aromatic heterocycles. The van der Waals surface area contributed by atoms with Crippen molar-refractivity contribution < 1.29 is 23.0 Å². The Balaban J connectivity index is 3.05. The molecule has 0 aliphatic carbocycles. The van der Waals surface area contributed by atoms with E-state index < -0.39 is 18.1 Å². The maximum atomic E-state index is 12.6. The first kappa shape index (κ1) is 14.8. The second kappa shape index (κ2) is 6.63. The molecule has 0 radical (unpaired) electrons. The molecular formula is C11H12BrF2NO3. The number of carbonyl (C=O) groups excluding carboxylic acids is 1. The minimum atomic E-state index is -2.72. The first-order valence-corrected chi connectivity index (χ1v) is 5.96. The van der Waals surface area contributed by atoms with Crippen molar-refractivity contribution in [2.75, 3.05) is 13.7 Å². The zero-order valence-corrected chi connectivity index (χ0v) is 11.5. The summed E-state index contributed by atoms with van der Waals surface area (Å²) in [5.41, 5.74) is -0.0216. The van der Waals surface area contributed by atoms with Crippen LogP contribution in [0.2, 0.25) is 0 Å². The number of halogens is 3. The Morgan fingerprint density at radius 1 is 1.56 bits per heavy atom. The summed E-state index contributed by atoms with van der Waals surface area (Å²) in [5, 5.41) is 0. The molecule has 0 aliphatic heterocycles. The number of ether oxygens (including phenoxy) is 2. The Hall–Kier alpha value is -1.24. The van der Waals surface area contributed by atoms with Crippen LogP contribution >= 0.6 is 15.9 Å². The van der Waals surface area contributed by atoms with E-state index in [-0.39, 0.29) is 23.4 Å². The standard InChI is InChI=1S/C11H12BrF2NO3/c1-3-18-8(16)5-6-4-7(12)9(10(13)14)15-11(6)17-2/h4,10H,3,5H2,1-2H3. The minimum absolute atomic E-state index is 0.00144. The Morgan fingerprint density at radius 3 is 2.72 bits per heavy atom. The van der Waals surface area contributed by atoms with Crippen molar-refractivity contribution in [3.8, 4) is 5.88 Å². The number of rotatable bonds is 5. The van der Waals surface area contributed by atoms with E-state index in [4.69, 9.17) is 9.47 Å². The molecule has 18 heavy (non-hydrogen) atoms. The minimum Gasteiger partial charge on any atom is -0.481 e. The Morgan fingerprint density at radius 2 is 2.22 bits per heavy atom. The quantitative estimate of drug-likeness (QED) is 0.782. The number of alkyl halides is 2. The Kier molecular flexibility index (Phi) is 5.46. The largest absolute Gasteiger partial charge is 0.481 e. The number of carbonyl (C=O) groups is 1. The van der Waals surface area contributed by atoms with Gasteiger partial charge in [0.05, 0.1) is 20.1 Å². The van der Waals surface area contributed by atoms with Crippen molar-refractivity contribution in [1.82, 2.24) is 4.98 Å². The van der Waals surface area contributed by atoms with E-state index in [1.165, 1.54) is 13.2 Å². The van der Waals surface area contributed by atoms with Gasteiger partial charge in [0.1, 0.15) is 5.69 Å². The lowest BCUT2D eigenvalue weighted by Crippen LogP contribution is -2.10. The third-order valence-electron chi connectivity index (χ3n) is 2.08. The average Bonchev–Trinajstić information content (AvgIpc) is 2.29. The smallest absolute Gasteiger partial charge is 0.310 e. The molecule has 0 amide bonds. The monoisotopic (exact) mass is 323 g/mol. The Bertz CT molecular complexity index is 441. The van der Waals surface area contributed by atoms with Crippen LogP contribution in [0.5, 0.6) is 5.88 Å². The van der Waals surface area contributed by atoms with Crippen LogP contribution in [-0.4, -0.2) is 24.7 Å². The summed E-state index contributed by atoms with van der Waals surface area (Å²) < 4.78 is 35.0. The van der Waals surface area contributed by atoms with Gasteiger partial charge >= 0.3 is 5.97 Å². The van der Waals surface area contributed by atoms with Gasteiger partial charge in [0, 0.05) is 10.0 Å². The molecule has 1 rings (SSSR count). The van der Waals surface area contributed by atoms with Crippen LogP contribution in [0, 0.1) is 0 Å². The molecule has 0 bridgehead atoms. The van der Waals surface area contributed by atoms with Crippen LogP contribution in [-0.2, 0) is 16.0 Å². The lowest BCUT2D eigenvalue weighted by atomic mass is 10.2. The third-order valence-corrected chi connectivity index (χ3v) is 2.72. The molecule has 1 heterocycles. The number of aromatic nitrogens is 1. The molecular weight excluding hydrogens is 312 g/mol. The van der Waals surface area contributed by atoms with Gasteiger partial charge in [0.25, 0.3) is 6.43 Å². The number of methoxy groups -OCH3 is 1. The summed E-state index contributed by atoms with van der Waals surface area (Å²) in [6, 6.07) is 1.39. The van der Waals surface area contributed by atoms with E-state index in [1.54, 1.807) is 6.92 Å². The van der Waals surface area contributed by atoms with Gasteiger partial charge in [0.15, 0.2) is 0 Å². The third kappa shape index (κ3) is 3.63. The van der Waals surface area contributed by atoms with Crippen molar-refractivity contribution in [3.63, 3.8) is 0 Å². The van der Waals surface area contributed by atoms with E-state index >= 15 is 0 Å². The highest BCUT2D eigenvalue weighted by Gasteiger charge is 2.19. The SMILES string of the molecule is CCOC(=O)Cc1cc(Br)c(C(F)F)nc1OC. The summed E-state index contributed by atoms with van der Waals surface area (Å²) in [7, 11) is 1.31. The summed E-state index contributed by atoms with van der Waals surface area (Å²) in [5.74, 6) is -0.462. The van der Waals surface area contributed by atoms with E-state index in [1.807, 2.05) is 0 Å². The second-order valence-electron chi connectivity index (χ2n) is 3.31. The van der Waals surface area contributed by atoms with Crippen LogP contribution < -0.4 is 4.74 Å². The van der Waals surface area contributed by atoms with Crippen molar-refractivity contribution in [2.45, 2.75) is 19.8 Å². The van der Waals surface area contributed by atoms with Crippen LogP contribution in [0.15, 0.2) is 10.5 Å². The second-order valence-corrected chi connectivity index (χ2v) is 4.16. The van der Waals surface area contributed by atoms with Crippen molar-refractivity contribution in [2.24, 2.45) is 0 Å². The lowest BCUT2D eigenvalue weighted by Gasteiger charge is -2.10. The van der Waals surface area contributed by atoms with E-state index in [0.29, 0.717) is 5.56 Å². The molecule has 1 aromatic rings. The highest BCUT2D eigenvalue weighted by Crippen LogP contribution is 2.30. The zero-order valence-electron chi connectivity index (χ0n) is 9.87. The van der Waals surface area contributed by atoms with E-state index in [2.05, 4.69) is 20.9 Å². The summed E-state index contributed by atoms with van der Waals surface area (Å²) >= 11 is 2.99. The van der Waals surface area contributed by atoms with Gasteiger partial charge in [-0.1, -0.05) is 0 Å². The zero-order chi connectivity index (χ0) is 13.7. The van der Waals surface area contributed by atoms with Crippen LogP contribution in [0.1, 0.15) is 24.6 Å². The predicted octanol–water partition coefficient (Wildman–Crippen LogP) is 2.90. The summed E-state index contributed by atoms with van der Waals surface area (Å²) in [4.78, 5) is 15.0. The van der Waals surface area contributed by atoms with Crippen molar-refractivity contribution in [3.05, 3.63) is 21.8 Å². The average molecular weight is 324 g/mol. The van der Waals surface area contributed by atoms with Gasteiger partial charge in [0.2, 0.25) is 5.88 Å². The van der Waals surface area contributed by atoms with Crippen molar-refractivity contribution in [1.29, 1.82) is 0 Å². The van der Waals surface area contributed by atoms with Gasteiger partial charge in [-0.05, 0) is 28.9 Å². The first-order valence-electron chi connectivity index (χ1n) is 5.16. The van der Waals surface area contributed by atoms with Crippen LogP contribution in [0.3, 0.4) is 0 Å². The summed E-state index contributed by atoms with van der Waals surface area (Å²) in [6.45, 7) is 1.94. The molecule has 100 valence electrons. The van der Waals surface area contributed by atoms with Crippen LogP contribution in [0.25, 0.3) is 0 Å².